The number of amides is 1. The van der Waals surface area contributed by atoms with Gasteiger partial charge in [-0.15, -0.1) is 0 Å². The molecule has 184 valence electrons. The van der Waals surface area contributed by atoms with Crippen LogP contribution in [0.1, 0.15) is 19.4 Å². The van der Waals surface area contributed by atoms with Crippen molar-refractivity contribution in [3.63, 3.8) is 0 Å². The summed E-state index contributed by atoms with van der Waals surface area (Å²) in [6.07, 6.45) is 1.61. The highest BCUT2D eigenvalue weighted by molar-refractivity contribution is 9.10. The van der Waals surface area contributed by atoms with Crippen molar-refractivity contribution in [1.29, 1.82) is 0 Å². The topological polar surface area (TPSA) is 79.6 Å². The molecule has 0 unspecified atom stereocenters. The lowest BCUT2D eigenvalue weighted by Gasteiger charge is -2.20. The first-order chi connectivity index (χ1) is 17.5. The maximum absolute atomic E-state index is 13.3. The van der Waals surface area contributed by atoms with E-state index >= 15 is 0 Å². The van der Waals surface area contributed by atoms with Gasteiger partial charge in [0.05, 0.1) is 28.6 Å². The minimum Gasteiger partial charge on any atom is -0.372 e. The molecule has 1 aromatic heterocycles. The van der Waals surface area contributed by atoms with Crippen LogP contribution in [0.3, 0.4) is 0 Å². The van der Waals surface area contributed by atoms with E-state index < -0.39 is 0 Å². The summed E-state index contributed by atoms with van der Waals surface area (Å²) in [5.41, 5.74) is 5.68. The summed E-state index contributed by atoms with van der Waals surface area (Å²) in [6, 6.07) is 22.6. The zero-order valence-electron chi connectivity index (χ0n) is 20.0. The minimum atomic E-state index is -0.291. The lowest BCUT2D eigenvalue weighted by molar-refractivity contribution is -0.118. The van der Waals surface area contributed by atoms with Gasteiger partial charge in [0.1, 0.15) is 0 Å². The summed E-state index contributed by atoms with van der Waals surface area (Å²) < 4.78 is 2.44. The summed E-state index contributed by atoms with van der Waals surface area (Å²) in [6.45, 7) is 6.13. The van der Waals surface area contributed by atoms with Crippen molar-refractivity contribution in [1.82, 2.24) is 15.0 Å². The Morgan fingerprint density at radius 1 is 1.06 bits per heavy atom. The monoisotopic (exact) mass is 563 g/mol. The zero-order chi connectivity index (χ0) is 25.5. The number of benzene rings is 3. The number of carbonyl (C=O) groups excluding carboxylic acids is 1. The number of hydrogen-bond acceptors (Lipinski definition) is 6. The number of fused-ring (bicyclic) bond motifs is 1. The average molecular weight is 565 g/mol. The summed E-state index contributed by atoms with van der Waals surface area (Å²) in [5.74, 6) is -0.236. The smallest absolute Gasteiger partial charge is 0.266 e. The number of aromatic nitrogens is 2. The Morgan fingerprint density at radius 2 is 1.75 bits per heavy atom. The first-order valence-corrected chi connectivity index (χ1v) is 13.4. The van der Waals surface area contributed by atoms with E-state index in [-0.39, 0.29) is 17.2 Å². The van der Waals surface area contributed by atoms with Gasteiger partial charge in [-0.1, -0.05) is 52.0 Å². The molecule has 0 aliphatic rings. The first-order valence-electron chi connectivity index (χ1n) is 11.6. The van der Waals surface area contributed by atoms with Crippen LogP contribution in [0.25, 0.3) is 16.6 Å². The van der Waals surface area contributed by atoms with Crippen LogP contribution in [0.15, 0.2) is 92.3 Å². The number of hydrazone groups is 1. The summed E-state index contributed by atoms with van der Waals surface area (Å²) in [4.78, 5) is 32.7. The molecule has 0 fully saturated rings. The van der Waals surface area contributed by atoms with E-state index in [1.807, 2.05) is 60.7 Å². The molecule has 3 aromatic carbocycles. The second kappa shape index (κ2) is 12.0. The molecule has 0 spiro atoms. The molecule has 0 aliphatic carbocycles. The maximum Gasteiger partial charge on any atom is 0.266 e. The van der Waals surface area contributed by atoms with Gasteiger partial charge in [0, 0.05) is 23.2 Å². The predicted octanol–water partition coefficient (Wildman–Crippen LogP) is 5.24. The highest BCUT2D eigenvalue weighted by Crippen LogP contribution is 2.22. The van der Waals surface area contributed by atoms with Crippen LogP contribution in [0.4, 0.5) is 5.69 Å². The maximum atomic E-state index is 13.3. The van der Waals surface area contributed by atoms with Crippen LogP contribution >= 0.6 is 27.7 Å². The summed E-state index contributed by atoms with van der Waals surface area (Å²) >= 11 is 4.61. The molecule has 0 saturated heterocycles. The van der Waals surface area contributed by atoms with Gasteiger partial charge < -0.3 is 4.90 Å². The molecular formula is C27H26BrN5O2S. The molecule has 1 amide bonds. The van der Waals surface area contributed by atoms with Gasteiger partial charge in [-0.3, -0.25) is 14.2 Å². The van der Waals surface area contributed by atoms with Crippen molar-refractivity contribution in [3.8, 4) is 5.69 Å². The van der Waals surface area contributed by atoms with E-state index in [4.69, 9.17) is 0 Å². The van der Waals surface area contributed by atoms with E-state index in [1.165, 1.54) is 16.3 Å². The summed E-state index contributed by atoms with van der Waals surface area (Å²) in [7, 11) is 0. The molecule has 0 radical (unpaired) electrons. The van der Waals surface area contributed by atoms with Gasteiger partial charge in [-0.05, 0) is 67.9 Å². The Labute approximate surface area is 222 Å². The lowest BCUT2D eigenvalue weighted by atomic mass is 10.2. The average Bonchev–Trinajstić information content (AvgIpc) is 2.90. The van der Waals surface area contributed by atoms with Crippen LogP contribution in [-0.4, -0.2) is 40.5 Å². The van der Waals surface area contributed by atoms with Crippen molar-refractivity contribution >= 4 is 56.4 Å². The highest BCUT2D eigenvalue weighted by atomic mass is 79.9. The van der Waals surface area contributed by atoms with E-state index in [0.29, 0.717) is 21.7 Å². The van der Waals surface area contributed by atoms with Crippen molar-refractivity contribution in [3.05, 3.63) is 93.2 Å². The van der Waals surface area contributed by atoms with Crippen molar-refractivity contribution in [2.24, 2.45) is 5.10 Å². The SMILES string of the molecule is CCN(CC)c1ccc(C=NNC(=O)CSc2nc3ccccc3c(=O)n2-c2ccc(Br)cc2)cc1. The number of anilines is 1. The van der Waals surface area contributed by atoms with Crippen LogP contribution in [0.2, 0.25) is 0 Å². The van der Waals surface area contributed by atoms with E-state index in [9.17, 15) is 9.59 Å². The molecule has 7 nitrogen and oxygen atoms in total. The lowest BCUT2D eigenvalue weighted by Crippen LogP contribution is -2.24. The van der Waals surface area contributed by atoms with Crippen LogP contribution in [0.5, 0.6) is 0 Å². The molecule has 0 atom stereocenters. The molecular weight excluding hydrogens is 538 g/mol. The largest absolute Gasteiger partial charge is 0.372 e. The quantitative estimate of drug-likeness (QED) is 0.130. The van der Waals surface area contributed by atoms with E-state index in [0.717, 1.165) is 28.8 Å². The number of hydrogen-bond donors (Lipinski definition) is 1. The predicted molar refractivity (Wildman–Crippen MR) is 152 cm³/mol. The second-order valence-corrected chi connectivity index (χ2v) is 9.73. The number of rotatable bonds is 9. The first kappa shape index (κ1) is 25.7. The molecule has 9 heteroatoms. The number of nitrogens with zero attached hydrogens (tertiary/aromatic N) is 4. The second-order valence-electron chi connectivity index (χ2n) is 7.87. The number of nitrogens with one attached hydrogen (secondary N) is 1. The fraction of sp³-hybridized carbons (Fsp3) is 0.185. The standard InChI is InChI=1S/C27H26BrN5O2S/c1-3-32(4-2)21-13-9-19(10-14-21)17-29-31-25(34)18-36-27-30-24-8-6-5-7-23(24)26(35)33(27)22-15-11-20(28)12-16-22/h5-17H,3-4,18H2,1-2H3,(H,31,34). The van der Waals surface area contributed by atoms with Crippen molar-refractivity contribution in [2.45, 2.75) is 19.0 Å². The van der Waals surface area contributed by atoms with E-state index in [2.05, 4.69) is 50.2 Å². The Hall–Kier alpha value is -3.43. The minimum absolute atomic E-state index is 0.0551. The van der Waals surface area contributed by atoms with Crippen LogP contribution in [0, 0.1) is 0 Å². The molecule has 0 aliphatic heterocycles. The zero-order valence-corrected chi connectivity index (χ0v) is 22.4. The van der Waals surface area contributed by atoms with E-state index in [1.54, 1.807) is 18.3 Å². The number of para-hydroxylation sites is 1. The van der Waals surface area contributed by atoms with Crippen molar-refractivity contribution < 1.29 is 4.79 Å². The third kappa shape index (κ3) is 6.03. The Morgan fingerprint density at radius 3 is 2.44 bits per heavy atom. The molecule has 0 saturated carbocycles. The van der Waals surface area contributed by atoms with Gasteiger partial charge in [-0.25, -0.2) is 10.4 Å². The Balaban J connectivity index is 1.47. The van der Waals surface area contributed by atoms with Crippen molar-refractivity contribution in [2.75, 3.05) is 23.7 Å². The van der Waals surface area contributed by atoms with Gasteiger partial charge in [0.2, 0.25) is 0 Å². The van der Waals surface area contributed by atoms with Gasteiger partial charge >= 0.3 is 0 Å². The molecule has 4 rings (SSSR count). The molecule has 1 heterocycles. The molecule has 1 N–H and O–H groups in total. The van der Waals surface area contributed by atoms with Crippen LogP contribution < -0.4 is 15.9 Å². The molecule has 4 aromatic rings. The Bertz CT molecular complexity index is 1430. The highest BCUT2D eigenvalue weighted by Gasteiger charge is 2.14. The number of thioether (sulfide) groups is 1. The van der Waals surface area contributed by atoms with Gasteiger partial charge in [0.25, 0.3) is 11.5 Å². The van der Waals surface area contributed by atoms with Crippen LogP contribution in [-0.2, 0) is 4.79 Å². The fourth-order valence-corrected chi connectivity index (χ4v) is 4.80. The summed E-state index contributed by atoms with van der Waals surface area (Å²) in [5, 5.41) is 5.04. The Kier molecular flexibility index (Phi) is 8.56. The van der Waals surface area contributed by atoms with Gasteiger partial charge in [0.15, 0.2) is 5.16 Å². The number of carbonyl (C=O) groups is 1. The molecule has 0 bridgehead atoms. The van der Waals surface area contributed by atoms with Gasteiger partial charge in [-0.2, -0.15) is 5.10 Å². The third-order valence-electron chi connectivity index (χ3n) is 5.59. The third-order valence-corrected chi connectivity index (χ3v) is 7.05. The molecule has 36 heavy (non-hydrogen) atoms. The fourth-order valence-electron chi connectivity index (χ4n) is 3.73. The normalized spacial score (nSPS) is 11.2. The number of halogens is 1.